The van der Waals surface area contributed by atoms with Crippen LogP contribution in [-0.4, -0.2) is 35.3 Å². The minimum Gasteiger partial charge on any atom is -0.478 e. The van der Waals surface area contributed by atoms with E-state index < -0.39 is 18.7 Å². The van der Waals surface area contributed by atoms with Gasteiger partial charge < -0.3 is 10.0 Å². The predicted molar refractivity (Wildman–Crippen MR) is 64.5 cm³/mol. The molecule has 0 fully saturated rings. The van der Waals surface area contributed by atoms with Crippen LogP contribution in [0.5, 0.6) is 0 Å². The molecule has 0 unspecified atom stereocenters. The average Bonchev–Trinajstić information content (AvgIpc) is 2.26. The Balaban J connectivity index is 3.20. The SMILES string of the molecule is CCCN(CC(F)(F)F)c1nc(C)ccc1C(=O)O. The summed E-state index contributed by atoms with van der Waals surface area (Å²) in [5, 5.41) is 9.02. The third-order valence-electron chi connectivity index (χ3n) is 2.41. The molecule has 7 heteroatoms. The van der Waals surface area contributed by atoms with E-state index in [2.05, 4.69) is 4.98 Å². The molecular weight excluding hydrogens is 261 g/mol. The first kappa shape index (κ1) is 15.3. The van der Waals surface area contributed by atoms with Gasteiger partial charge >= 0.3 is 12.1 Å². The van der Waals surface area contributed by atoms with Crippen LogP contribution in [-0.2, 0) is 0 Å². The molecule has 0 aromatic carbocycles. The highest BCUT2D eigenvalue weighted by Crippen LogP contribution is 2.24. The van der Waals surface area contributed by atoms with Crippen LogP contribution in [0.25, 0.3) is 0 Å². The van der Waals surface area contributed by atoms with Crippen molar-refractivity contribution in [1.82, 2.24) is 4.98 Å². The van der Waals surface area contributed by atoms with Gasteiger partial charge in [0.05, 0.1) is 0 Å². The summed E-state index contributed by atoms with van der Waals surface area (Å²) < 4.78 is 37.6. The summed E-state index contributed by atoms with van der Waals surface area (Å²) in [6, 6.07) is 2.74. The normalized spacial score (nSPS) is 11.4. The van der Waals surface area contributed by atoms with Crippen molar-refractivity contribution in [3.05, 3.63) is 23.4 Å². The van der Waals surface area contributed by atoms with Gasteiger partial charge in [0.25, 0.3) is 0 Å². The topological polar surface area (TPSA) is 53.4 Å². The van der Waals surface area contributed by atoms with Crippen molar-refractivity contribution >= 4 is 11.8 Å². The van der Waals surface area contributed by atoms with Crippen molar-refractivity contribution in [1.29, 1.82) is 0 Å². The van der Waals surface area contributed by atoms with Gasteiger partial charge in [0.2, 0.25) is 0 Å². The number of aromatic carboxylic acids is 1. The third kappa shape index (κ3) is 4.42. The number of pyridine rings is 1. The molecule has 0 aliphatic heterocycles. The monoisotopic (exact) mass is 276 g/mol. The van der Waals surface area contributed by atoms with E-state index in [9.17, 15) is 18.0 Å². The first-order valence-corrected chi connectivity index (χ1v) is 5.77. The molecule has 0 bridgehead atoms. The Hall–Kier alpha value is -1.79. The summed E-state index contributed by atoms with van der Waals surface area (Å²) in [5.74, 6) is -1.42. The molecule has 0 atom stereocenters. The zero-order chi connectivity index (χ0) is 14.6. The van der Waals surface area contributed by atoms with Crippen LogP contribution >= 0.6 is 0 Å². The minimum atomic E-state index is -4.41. The van der Waals surface area contributed by atoms with E-state index in [1.807, 2.05) is 0 Å². The summed E-state index contributed by atoms with van der Waals surface area (Å²) in [4.78, 5) is 16.0. The molecule has 1 N–H and O–H groups in total. The molecule has 0 spiro atoms. The van der Waals surface area contributed by atoms with Crippen molar-refractivity contribution in [2.24, 2.45) is 0 Å². The lowest BCUT2D eigenvalue weighted by molar-refractivity contribution is -0.119. The van der Waals surface area contributed by atoms with Crippen molar-refractivity contribution in [3.63, 3.8) is 0 Å². The molecule has 1 aromatic rings. The van der Waals surface area contributed by atoms with Crippen LogP contribution in [0.4, 0.5) is 19.0 Å². The van der Waals surface area contributed by atoms with Gasteiger partial charge in [0.1, 0.15) is 17.9 Å². The molecule has 0 aliphatic rings. The van der Waals surface area contributed by atoms with Gasteiger partial charge in [-0.05, 0) is 25.5 Å². The fraction of sp³-hybridized carbons (Fsp3) is 0.500. The molecule has 0 saturated carbocycles. The lowest BCUT2D eigenvalue weighted by Gasteiger charge is -2.25. The number of aromatic nitrogens is 1. The van der Waals surface area contributed by atoms with Gasteiger partial charge in [-0.15, -0.1) is 0 Å². The molecule has 1 aromatic heterocycles. The second-order valence-electron chi connectivity index (χ2n) is 4.17. The highest BCUT2D eigenvalue weighted by molar-refractivity contribution is 5.93. The van der Waals surface area contributed by atoms with E-state index in [1.165, 1.54) is 12.1 Å². The number of carbonyl (C=O) groups is 1. The van der Waals surface area contributed by atoms with Gasteiger partial charge in [-0.25, -0.2) is 9.78 Å². The Bertz CT molecular complexity index is 461. The van der Waals surface area contributed by atoms with E-state index in [0.717, 1.165) is 4.90 Å². The number of alkyl halides is 3. The Morgan fingerprint density at radius 3 is 2.53 bits per heavy atom. The Kier molecular flexibility index (Phi) is 4.74. The standard InChI is InChI=1S/C12H15F3N2O2/c1-3-6-17(7-12(13,14)15)10-9(11(18)19)5-4-8(2)16-10/h4-5H,3,6-7H2,1-2H3,(H,18,19). The molecule has 19 heavy (non-hydrogen) atoms. The molecule has 1 rings (SSSR count). The zero-order valence-electron chi connectivity index (χ0n) is 10.7. The van der Waals surface area contributed by atoms with Crippen LogP contribution in [0.2, 0.25) is 0 Å². The number of halogens is 3. The van der Waals surface area contributed by atoms with Gasteiger partial charge in [-0.2, -0.15) is 13.2 Å². The van der Waals surface area contributed by atoms with Gasteiger partial charge in [-0.1, -0.05) is 6.92 Å². The van der Waals surface area contributed by atoms with Crippen molar-refractivity contribution in [2.75, 3.05) is 18.0 Å². The van der Waals surface area contributed by atoms with E-state index >= 15 is 0 Å². The fourth-order valence-corrected chi connectivity index (χ4v) is 1.70. The molecule has 1 heterocycles. The van der Waals surface area contributed by atoms with Gasteiger partial charge in [0, 0.05) is 12.2 Å². The molecule has 0 radical (unpaired) electrons. The van der Waals surface area contributed by atoms with E-state index in [-0.39, 0.29) is 17.9 Å². The van der Waals surface area contributed by atoms with E-state index in [1.54, 1.807) is 13.8 Å². The van der Waals surface area contributed by atoms with Crippen LogP contribution in [0, 0.1) is 6.92 Å². The van der Waals surface area contributed by atoms with Crippen LogP contribution < -0.4 is 4.90 Å². The van der Waals surface area contributed by atoms with Crippen molar-refractivity contribution in [2.45, 2.75) is 26.4 Å². The number of hydrogen-bond acceptors (Lipinski definition) is 3. The third-order valence-corrected chi connectivity index (χ3v) is 2.41. The number of carboxylic acid groups (broad SMARTS) is 1. The van der Waals surface area contributed by atoms with Crippen molar-refractivity contribution < 1.29 is 23.1 Å². The smallest absolute Gasteiger partial charge is 0.405 e. The second kappa shape index (κ2) is 5.90. The highest BCUT2D eigenvalue weighted by Gasteiger charge is 2.32. The predicted octanol–water partition coefficient (Wildman–Crippen LogP) is 2.87. The zero-order valence-corrected chi connectivity index (χ0v) is 10.7. The Morgan fingerprint density at radius 2 is 2.05 bits per heavy atom. The fourth-order valence-electron chi connectivity index (χ4n) is 1.70. The summed E-state index contributed by atoms with van der Waals surface area (Å²) in [5.41, 5.74) is 0.256. The summed E-state index contributed by atoms with van der Waals surface area (Å²) in [7, 11) is 0. The van der Waals surface area contributed by atoms with Crippen LogP contribution in [0.15, 0.2) is 12.1 Å². The van der Waals surface area contributed by atoms with Gasteiger partial charge in [0.15, 0.2) is 0 Å². The lowest BCUT2D eigenvalue weighted by Crippen LogP contribution is -2.36. The number of rotatable bonds is 5. The maximum Gasteiger partial charge on any atom is 0.405 e. The molecule has 106 valence electrons. The number of nitrogens with zero attached hydrogens (tertiary/aromatic N) is 2. The molecular formula is C12H15F3N2O2. The van der Waals surface area contributed by atoms with Crippen molar-refractivity contribution in [3.8, 4) is 0 Å². The first-order chi connectivity index (χ1) is 8.74. The highest BCUT2D eigenvalue weighted by atomic mass is 19.4. The summed E-state index contributed by atoms with van der Waals surface area (Å²) >= 11 is 0. The maximum atomic E-state index is 12.5. The molecule has 4 nitrogen and oxygen atoms in total. The molecule has 0 saturated heterocycles. The van der Waals surface area contributed by atoms with Gasteiger partial charge in [-0.3, -0.25) is 0 Å². The maximum absolute atomic E-state index is 12.5. The quantitative estimate of drug-likeness (QED) is 0.898. The average molecular weight is 276 g/mol. The van der Waals surface area contributed by atoms with E-state index in [4.69, 9.17) is 5.11 Å². The number of hydrogen-bond donors (Lipinski definition) is 1. The minimum absolute atomic E-state index is 0.0935. The van der Waals surface area contributed by atoms with Crippen LogP contribution in [0.1, 0.15) is 29.4 Å². The Labute approximate surface area is 108 Å². The number of carboxylic acids is 1. The number of anilines is 1. The second-order valence-corrected chi connectivity index (χ2v) is 4.17. The summed E-state index contributed by atoms with van der Waals surface area (Å²) in [6.07, 6.45) is -3.94. The lowest BCUT2D eigenvalue weighted by atomic mass is 10.2. The molecule has 0 aliphatic carbocycles. The van der Waals surface area contributed by atoms with Crippen LogP contribution in [0.3, 0.4) is 0 Å². The largest absolute Gasteiger partial charge is 0.478 e. The van der Waals surface area contributed by atoms with E-state index in [0.29, 0.717) is 12.1 Å². The Morgan fingerprint density at radius 1 is 1.42 bits per heavy atom. The number of aryl methyl sites for hydroxylation is 1. The molecule has 0 amide bonds. The summed E-state index contributed by atoms with van der Waals surface area (Å²) in [6.45, 7) is 2.21. The first-order valence-electron chi connectivity index (χ1n) is 5.77.